The van der Waals surface area contributed by atoms with Gasteiger partial charge in [-0.25, -0.2) is 0 Å². The van der Waals surface area contributed by atoms with E-state index in [9.17, 15) is 4.79 Å². The summed E-state index contributed by atoms with van der Waals surface area (Å²) in [6, 6.07) is 5.42. The quantitative estimate of drug-likeness (QED) is 0.775. The van der Waals surface area contributed by atoms with Crippen LogP contribution in [0.1, 0.15) is 10.6 Å². The van der Waals surface area contributed by atoms with E-state index in [0.717, 1.165) is 11.3 Å². The van der Waals surface area contributed by atoms with Gasteiger partial charge in [0.1, 0.15) is 10.8 Å². The standard InChI is InChI=1S/C13H13N5O2S/c1-7-5-8(3-4-9(7)20-2)11-12(19)18-13(16-15-11)21-10(6-14)17-18/h3-5H,6,14H2,1-2H3. The summed E-state index contributed by atoms with van der Waals surface area (Å²) in [5, 5.41) is 12.9. The summed E-state index contributed by atoms with van der Waals surface area (Å²) < 4.78 is 6.46. The van der Waals surface area contributed by atoms with Gasteiger partial charge < -0.3 is 10.5 Å². The topological polar surface area (TPSA) is 95.4 Å². The normalized spacial score (nSPS) is 11.0. The molecule has 0 atom stereocenters. The van der Waals surface area contributed by atoms with Crippen LogP contribution in [0.4, 0.5) is 0 Å². The number of aromatic nitrogens is 4. The number of hydrogen-bond donors (Lipinski definition) is 1. The van der Waals surface area contributed by atoms with E-state index in [4.69, 9.17) is 10.5 Å². The highest BCUT2D eigenvalue weighted by Crippen LogP contribution is 2.23. The van der Waals surface area contributed by atoms with Gasteiger partial charge in [0.05, 0.1) is 7.11 Å². The summed E-state index contributed by atoms with van der Waals surface area (Å²) in [6.07, 6.45) is 0. The lowest BCUT2D eigenvalue weighted by Crippen LogP contribution is -2.19. The minimum Gasteiger partial charge on any atom is -0.496 e. The average molecular weight is 303 g/mol. The fraction of sp³-hybridized carbons (Fsp3) is 0.231. The van der Waals surface area contributed by atoms with E-state index in [0.29, 0.717) is 15.5 Å². The lowest BCUT2D eigenvalue weighted by molar-refractivity contribution is 0.412. The van der Waals surface area contributed by atoms with E-state index in [-0.39, 0.29) is 17.8 Å². The Morgan fingerprint density at radius 3 is 2.86 bits per heavy atom. The molecule has 8 heteroatoms. The van der Waals surface area contributed by atoms with Crippen molar-refractivity contribution in [3.8, 4) is 17.0 Å². The second-order valence-electron chi connectivity index (χ2n) is 4.43. The summed E-state index contributed by atoms with van der Waals surface area (Å²) in [4.78, 5) is 12.9. The number of hydrogen-bond acceptors (Lipinski definition) is 7. The number of benzene rings is 1. The molecule has 0 aliphatic rings. The Bertz CT molecular complexity index is 871. The zero-order valence-corrected chi connectivity index (χ0v) is 12.3. The van der Waals surface area contributed by atoms with E-state index in [1.807, 2.05) is 13.0 Å². The summed E-state index contributed by atoms with van der Waals surface area (Å²) in [5.41, 5.74) is 7.09. The van der Waals surface area contributed by atoms with E-state index in [1.165, 1.54) is 15.9 Å². The zero-order chi connectivity index (χ0) is 15.0. The first-order valence-electron chi connectivity index (χ1n) is 6.24. The molecular formula is C13H13N5O2S. The molecule has 3 aromatic rings. The van der Waals surface area contributed by atoms with Crippen molar-refractivity contribution in [1.29, 1.82) is 0 Å². The molecule has 0 aliphatic carbocycles. The molecular weight excluding hydrogens is 290 g/mol. The SMILES string of the molecule is COc1ccc(-c2nnc3sc(CN)nn3c2=O)cc1C. The lowest BCUT2D eigenvalue weighted by Gasteiger charge is -2.06. The van der Waals surface area contributed by atoms with Crippen LogP contribution in [0.3, 0.4) is 0 Å². The summed E-state index contributed by atoms with van der Waals surface area (Å²) in [5.74, 6) is 0.756. The Morgan fingerprint density at radius 1 is 1.38 bits per heavy atom. The molecule has 7 nitrogen and oxygen atoms in total. The molecule has 2 heterocycles. The molecule has 0 saturated carbocycles. The van der Waals surface area contributed by atoms with Gasteiger partial charge in [0, 0.05) is 12.1 Å². The van der Waals surface area contributed by atoms with Gasteiger partial charge in [-0.3, -0.25) is 4.79 Å². The molecule has 0 aliphatic heterocycles. The van der Waals surface area contributed by atoms with Gasteiger partial charge in [-0.2, -0.15) is 9.61 Å². The van der Waals surface area contributed by atoms with Gasteiger partial charge in [-0.1, -0.05) is 11.3 Å². The molecule has 0 unspecified atom stereocenters. The van der Waals surface area contributed by atoms with Gasteiger partial charge in [-0.15, -0.1) is 10.2 Å². The van der Waals surface area contributed by atoms with Crippen LogP contribution in [0.25, 0.3) is 16.2 Å². The minimum absolute atomic E-state index is 0.257. The highest BCUT2D eigenvalue weighted by Gasteiger charge is 2.13. The molecule has 0 amide bonds. The molecule has 21 heavy (non-hydrogen) atoms. The van der Waals surface area contributed by atoms with Crippen LogP contribution >= 0.6 is 11.3 Å². The largest absolute Gasteiger partial charge is 0.496 e. The number of ether oxygens (including phenoxy) is 1. The number of fused-ring (bicyclic) bond motifs is 1. The second kappa shape index (κ2) is 5.23. The first-order valence-corrected chi connectivity index (χ1v) is 7.06. The number of nitrogens with zero attached hydrogens (tertiary/aromatic N) is 4. The second-order valence-corrected chi connectivity index (χ2v) is 5.47. The van der Waals surface area contributed by atoms with Crippen molar-refractivity contribution < 1.29 is 4.74 Å². The van der Waals surface area contributed by atoms with E-state index in [2.05, 4.69) is 15.3 Å². The third kappa shape index (κ3) is 2.28. The Kier molecular flexibility index (Phi) is 3.40. The summed E-state index contributed by atoms with van der Waals surface area (Å²) in [6.45, 7) is 2.17. The van der Waals surface area contributed by atoms with Gasteiger partial charge in [0.25, 0.3) is 0 Å². The highest BCUT2D eigenvalue weighted by molar-refractivity contribution is 7.16. The molecule has 2 N–H and O–H groups in total. The smallest absolute Gasteiger partial charge is 0.302 e. The molecule has 2 aromatic heterocycles. The van der Waals surface area contributed by atoms with Crippen molar-refractivity contribution in [2.24, 2.45) is 5.73 Å². The fourth-order valence-corrected chi connectivity index (χ4v) is 2.75. The van der Waals surface area contributed by atoms with Gasteiger partial charge in [0.2, 0.25) is 4.96 Å². The Hall–Kier alpha value is -2.32. The van der Waals surface area contributed by atoms with Crippen LogP contribution in [0, 0.1) is 6.92 Å². The van der Waals surface area contributed by atoms with Crippen molar-refractivity contribution in [2.75, 3.05) is 7.11 Å². The van der Waals surface area contributed by atoms with E-state index >= 15 is 0 Å². The predicted octanol–water partition coefficient (Wildman–Crippen LogP) is 0.989. The fourth-order valence-electron chi connectivity index (χ4n) is 2.04. The van der Waals surface area contributed by atoms with Crippen LogP contribution in [-0.4, -0.2) is 26.9 Å². The van der Waals surface area contributed by atoms with Crippen molar-refractivity contribution in [2.45, 2.75) is 13.5 Å². The maximum atomic E-state index is 12.5. The van der Waals surface area contributed by atoms with Crippen LogP contribution in [0.2, 0.25) is 0 Å². The summed E-state index contributed by atoms with van der Waals surface area (Å²) in [7, 11) is 1.60. The molecule has 0 saturated heterocycles. The van der Waals surface area contributed by atoms with Crippen LogP contribution in [0.5, 0.6) is 5.75 Å². The Morgan fingerprint density at radius 2 is 2.19 bits per heavy atom. The third-order valence-electron chi connectivity index (χ3n) is 3.08. The molecule has 0 bridgehead atoms. The average Bonchev–Trinajstić information content (AvgIpc) is 2.92. The van der Waals surface area contributed by atoms with Crippen molar-refractivity contribution in [1.82, 2.24) is 19.8 Å². The lowest BCUT2D eigenvalue weighted by atomic mass is 10.1. The molecule has 108 valence electrons. The number of nitrogens with two attached hydrogens (primary N) is 1. The van der Waals surface area contributed by atoms with Gasteiger partial charge in [0.15, 0.2) is 5.69 Å². The highest BCUT2D eigenvalue weighted by atomic mass is 32.1. The Labute approximate surface area is 124 Å². The zero-order valence-electron chi connectivity index (χ0n) is 11.5. The molecule has 0 fully saturated rings. The van der Waals surface area contributed by atoms with Crippen LogP contribution in [-0.2, 0) is 6.54 Å². The summed E-state index contributed by atoms with van der Waals surface area (Å²) >= 11 is 1.26. The first-order chi connectivity index (χ1) is 10.1. The van der Waals surface area contributed by atoms with Gasteiger partial charge in [-0.05, 0) is 30.7 Å². The number of rotatable bonds is 3. The predicted molar refractivity (Wildman–Crippen MR) is 79.5 cm³/mol. The molecule has 0 radical (unpaired) electrons. The molecule has 3 rings (SSSR count). The Balaban J connectivity index is 2.18. The van der Waals surface area contributed by atoms with E-state index in [1.54, 1.807) is 19.2 Å². The first kappa shape index (κ1) is 13.7. The minimum atomic E-state index is -0.305. The van der Waals surface area contributed by atoms with Crippen molar-refractivity contribution in [3.05, 3.63) is 39.1 Å². The number of aryl methyl sites for hydroxylation is 1. The van der Waals surface area contributed by atoms with Crippen molar-refractivity contribution in [3.63, 3.8) is 0 Å². The maximum absolute atomic E-state index is 12.5. The van der Waals surface area contributed by atoms with Crippen LogP contribution in [0.15, 0.2) is 23.0 Å². The van der Waals surface area contributed by atoms with E-state index < -0.39 is 0 Å². The maximum Gasteiger partial charge on any atom is 0.302 e. The molecule has 1 aromatic carbocycles. The number of methoxy groups -OCH3 is 1. The molecule has 0 spiro atoms. The van der Waals surface area contributed by atoms with Crippen molar-refractivity contribution >= 4 is 16.3 Å². The van der Waals surface area contributed by atoms with Gasteiger partial charge >= 0.3 is 5.56 Å². The monoisotopic (exact) mass is 303 g/mol. The third-order valence-corrected chi connectivity index (χ3v) is 4.00. The van der Waals surface area contributed by atoms with Crippen LogP contribution < -0.4 is 16.0 Å².